The lowest BCUT2D eigenvalue weighted by atomic mass is 10.2. The van der Waals surface area contributed by atoms with E-state index in [1.165, 1.54) is 17.9 Å². The summed E-state index contributed by atoms with van der Waals surface area (Å²) in [7, 11) is 0. The number of esters is 1. The van der Waals surface area contributed by atoms with Gasteiger partial charge in [0.25, 0.3) is 5.91 Å². The van der Waals surface area contributed by atoms with Crippen LogP contribution in [-0.4, -0.2) is 30.2 Å². The number of ether oxygens (including phenoxy) is 2. The van der Waals surface area contributed by atoms with Crippen LogP contribution in [0.25, 0.3) is 0 Å². The van der Waals surface area contributed by atoms with E-state index in [0.29, 0.717) is 5.75 Å². The fourth-order valence-electron chi connectivity index (χ4n) is 1.61. The summed E-state index contributed by atoms with van der Waals surface area (Å²) in [4.78, 5) is 22.9. The van der Waals surface area contributed by atoms with Crippen molar-refractivity contribution in [2.24, 2.45) is 0 Å². The lowest BCUT2D eigenvalue weighted by Gasteiger charge is -2.07. The van der Waals surface area contributed by atoms with Gasteiger partial charge in [0.2, 0.25) is 0 Å². The molecule has 1 aromatic heterocycles. The number of aryl methyl sites for hydroxylation is 1. The highest BCUT2D eigenvalue weighted by Crippen LogP contribution is 2.12. The number of carbonyl (C=O) groups excluding carboxylic acids is 2. The van der Waals surface area contributed by atoms with E-state index in [-0.39, 0.29) is 12.4 Å². The zero-order valence-electron chi connectivity index (χ0n) is 12.1. The molecular formula is C15H16N2O5. The van der Waals surface area contributed by atoms with E-state index in [2.05, 4.69) is 21.9 Å². The number of amides is 1. The molecule has 7 heteroatoms. The largest absolute Gasteiger partial charge is 0.482 e. The minimum Gasteiger partial charge on any atom is -0.482 e. The molecule has 0 radical (unpaired) electrons. The monoisotopic (exact) mass is 304 g/mol. The molecule has 0 bridgehead atoms. The summed E-state index contributed by atoms with van der Waals surface area (Å²) < 4.78 is 14.6. The molecule has 0 saturated carbocycles. The number of carbonyl (C=O) groups is 2. The molecule has 0 atom stereocenters. The van der Waals surface area contributed by atoms with Crippen LogP contribution in [0.15, 0.2) is 41.1 Å². The van der Waals surface area contributed by atoms with Crippen LogP contribution in [0.3, 0.4) is 0 Å². The third-order valence-corrected chi connectivity index (χ3v) is 2.76. The first-order chi connectivity index (χ1) is 10.7. The molecule has 116 valence electrons. The molecule has 0 saturated heterocycles. The molecule has 0 aliphatic rings. The maximum absolute atomic E-state index is 11.5. The summed E-state index contributed by atoms with van der Waals surface area (Å²) >= 11 is 0. The van der Waals surface area contributed by atoms with Gasteiger partial charge in [0.1, 0.15) is 12.0 Å². The van der Waals surface area contributed by atoms with E-state index in [9.17, 15) is 9.59 Å². The zero-order chi connectivity index (χ0) is 15.8. The summed E-state index contributed by atoms with van der Waals surface area (Å²) in [5.41, 5.74) is 1.18. The summed E-state index contributed by atoms with van der Waals surface area (Å²) in [6.45, 7) is 1.38. The normalized spacial score (nSPS) is 10.0. The smallest absolute Gasteiger partial charge is 0.344 e. The molecule has 1 N–H and O–H groups in total. The minimum absolute atomic E-state index is 0.258. The van der Waals surface area contributed by atoms with E-state index in [4.69, 9.17) is 9.47 Å². The van der Waals surface area contributed by atoms with Gasteiger partial charge in [-0.05, 0) is 24.1 Å². The van der Waals surface area contributed by atoms with Crippen molar-refractivity contribution in [3.63, 3.8) is 0 Å². The maximum atomic E-state index is 11.5. The van der Waals surface area contributed by atoms with Gasteiger partial charge in [-0.15, -0.1) is 0 Å². The SMILES string of the molecule is CCc1ccc(OCC(=O)OCC(=O)Nc2ccon2)cc1. The van der Waals surface area contributed by atoms with Crippen molar-refractivity contribution in [2.45, 2.75) is 13.3 Å². The Bertz CT molecular complexity index is 607. The second-order valence-electron chi connectivity index (χ2n) is 4.38. The first-order valence-corrected chi connectivity index (χ1v) is 6.75. The highest BCUT2D eigenvalue weighted by molar-refractivity contribution is 5.91. The average molecular weight is 304 g/mol. The first-order valence-electron chi connectivity index (χ1n) is 6.75. The molecule has 0 spiro atoms. The number of nitrogens with zero attached hydrogens (tertiary/aromatic N) is 1. The molecule has 0 aliphatic heterocycles. The number of hydrogen-bond donors (Lipinski definition) is 1. The molecule has 0 aliphatic carbocycles. The lowest BCUT2D eigenvalue weighted by molar-refractivity contribution is -0.149. The highest BCUT2D eigenvalue weighted by atomic mass is 16.6. The van der Waals surface area contributed by atoms with Crippen molar-refractivity contribution >= 4 is 17.7 Å². The molecule has 0 fully saturated rings. The Hall–Kier alpha value is -2.83. The second-order valence-corrected chi connectivity index (χ2v) is 4.38. The van der Waals surface area contributed by atoms with Crippen molar-refractivity contribution in [1.29, 1.82) is 0 Å². The van der Waals surface area contributed by atoms with Crippen molar-refractivity contribution in [2.75, 3.05) is 18.5 Å². The Morgan fingerprint density at radius 1 is 1.18 bits per heavy atom. The second kappa shape index (κ2) is 7.82. The predicted octanol–water partition coefficient (Wildman–Crippen LogP) is 1.80. The predicted molar refractivity (Wildman–Crippen MR) is 77.4 cm³/mol. The number of rotatable bonds is 7. The summed E-state index contributed by atoms with van der Waals surface area (Å²) in [5, 5.41) is 5.90. The third kappa shape index (κ3) is 4.93. The quantitative estimate of drug-likeness (QED) is 0.784. The molecule has 0 unspecified atom stereocenters. The molecule has 2 aromatic rings. The van der Waals surface area contributed by atoms with Crippen molar-refractivity contribution in [3.8, 4) is 5.75 Å². The topological polar surface area (TPSA) is 90.7 Å². The van der Waals surface area contributed by atoms with Gasteiger partial charge in [0, 0.05) is 6.07 Å². The van der Waals surface area contributed by atoms with Crippen LogP contribution in [0.5, 0.6) is 5.75 Å². The van der Waals surface area contributed by atoms with E-state index in [1.807, 2.05) is 12.1 Å². The Morgan fingerprint density at radius 3 is 2.59 bits per heavy atom. The van der Waals surface area contributed by atoms with Gasteiger partial charge in [0.05, 0.1) is 0 Å². The van der Waals surface area contributed by atoms with Crippen LogP contribution in [0.1, 0.15) is 12.5 Å². The summed E-state index contributed by atoms with van der Waals surface area (Å²) in [6.07, 6.45) is 2.25. The van der Waals surface area contributed by atoms with E-state index < -0.39 is 18.5 Å². The van der Waals surface area contributed by atoms with E-state index in [0.717, 1.165) is 6.42 Å². The van der Waals surface area contributed by atoms with Gasteiger partial charge in [-0.25, -0.2) is 4.79 Å². The lowest BCUT2D eigenvalue weighted by Crippen LogP contribution is -2.23. The van der Waals surface area contributed by atoms with Crippen molar-refractivity contribution in [3.05, 3.63) is 42.2 Å². The molecule has 1 amide bonds. The number of nitrogens with one attached hydrogen (secondary N) is 1. The molecular weight excluding hydrogens is 288 g/mol. The van der Waals surface area contributed by atoms with Crippen molar-refractivity contribution < 1.29 is 23.6 Å². The Kier molecular flexibility index (Phi) is 5.53. The zero-order valence-corrected chi connectivity index (χ0v) is 12.1. The highest BCUT2D eigenvalue weighted by Gasteiger charge is 2.09. The molecule has 1 heterocycles. The molecule has 22 heavy (non-hydrogen) atoms. The Balaban J connectivity index is 1.67. The first kappa shape index (κ1) is 15.6. The van der Waals surface area contributed by atoms with Gasteiger partial charge < -0.3 is 19.3 Å². The fourth-order valence-corrected chi connectivity index (χ4v) is 1.61. The third-order valence-electron chi connectivity index (χ3n) is 2.76. The number of aromatic nitrogens is 1. The van der Waals surface area contributed by atoms with Gasteiger partial charge in [-0.2, -0.15) is 0 Å². The molecule has 7 nitrogen and oxygen atoms in total. The van der Waals surface area contributed by atoms with Crippen LogP contribution in [0, 0.1) is 0 Å². The number of benzene rings is 1. The summed E-state index contributed by atoms with van der Waals surface area (Å²) in [5.74, 6) is -0.307. The van der Waals surface area contributed by atoms with Gasteiger partial charge in [0.15, 0.2) is 19.0 Å². The molecule has 1 aromatic carbocycles. The van der Waals surface area contributed by atoms with Crippen LogP contribution >= 0.6 is 0 Å². The number of hydrogen-bond acceptors (Lipinski definition) is 6. The van der Waals surface area contributed by atoms with Crippen LogP contribution in [0.4, 0.5) is 5.82 Å². The number of anilines is 1. The van der Waals surface area contributed by atoms with E-state index >= 15 is 0 Å². The Morgan fingerprint density at radius 2 is 1.95 bits per heavy atom. The Labute approximate surface area is 127 Å². The van der Waals surface area contributed by atoms with Gasteiger partial charge in [-0.3, -0.25) is 4.79 Å². The van der Waals surface area contributed by atoms with Crippen molar-refractivity contribution in [1.82, 2.24) is 5.16 Å². The van der Waals surface area contributed by atoms with Crippen LogP contribution in [-0.2, 0) is 20.7 Å². The molecule has 2 rings (SSSR count). The van der Waals surface area contributed by atoms with Crippen LogP contribution in [0.2, 0.25) is 0 Å². The van der Waals surface area contributed by atoms with Gasteiger partial charge in [-0.1, -0.05) is 24.2 Å². The fraction of sp³-hybridized carbons (Fsp3) is 0.267. The maximum Gasteiger partial charge on any atom is 0.344 e. The minimum atomic E-state index is -0.630. The summed E-state index contributed by atoms with van der Waals surface area (Å²) in [6, 6.07) is 8.88. The standard InChI is InChI=1S/C15H16N2O5/c1-2-11-3-5-12(6-4-11)20-10-15(19)21-9-14(18)16-13-7-8-22-17-13/h3-8H,2,9-10H2,1H3,(H,16,17,18). The van der Waals surface area contributed by atoms with Gasteiger partial charge >= 0.3 is 5.97 Å². The average Bonchev–Trinajstić information content (AvgIpc) is 3.04. The van der Waals surface area contributed by atoms with Crippen LogP contribution < -0.4 is 10.1 Å². The van der Waals surface area contributed by atoms with E-state index in [1.54, 1.807) is 12.1 Å².